The Morgan fingerprint density at radius 2 is 2.10 bits per heavy atom. The smallest absolute Gasteiger partial charge is 0.250 e. The number of halogens is 1. The molecular formula is C15H13ClN4O. The van der Waals surface area contributed by atoms with E-state index in [1.54, 1.807) is 12.1 Å². The summed E-state index contributed by atoms with van der Waals surface area (Å²) in [6, 6.07) is 10.7. The van der Waals surface area contributed by atoms with Gasteiger partial charge in [-0.1, -0.05) is 23.7 Å². The van der Waals surface area contributed by atoms with Gasteiger partial charge in [0, 0.05) is 12.2 Å². The number of amides is 1. The van der Waals surface area contributed by atoms with Crippen molar-refractivity contribution in [3.05, 3.63) is 58.2 Å². The summed E-state index contributed by atoms with van der Waals surface area (Å²) in [5, 5.41) is 12.3. The molecule has 0 bridgehead atoms. The molecule has 2 aromatic rings. The maximum Gasteiger partial charge on any atom is 0.250 e. The largest absolute Gasteiger partial charge is 0.366 e. The fraction of sp³-hybridized carbons (Fsp3) is 0.133. The van der Waals surface area contributed by atoms with E-state index in [1.165, 1.54) is 12.3 Å². The Hall–Kier alpha value is -2.58. The molecule has 0 saturated heterocycles. The van der Waals surface area contributed by atoms with Crippen LogP contribution in [0.5, 0.6) is 0 Å². The Bertz CT molecular complexity index is 707. The Kier molecular flexibility index (Phi) is 4.41. The number of hydrogen-bond acceptors (Lipinski definition) is 4. The van der Waals surface area contributed by atoms with Gasteiger partial charge >= 0.3 is 0 Å². The number of carbonyl (C=O) groups is 1. The summed E-state index contributed by atoms with van der Waals surface area (Å²) in [4.78, 5) is 15.1. The van der Waals surface area contributed by atoms with Crippen molar-refractivity contribution in [2.75, 3.05) is 5.32 Å². The topological polar surface area (TPSA) is 91.8 Å². The van der Waals surface area contributed by atoms with Crippen LogP contribution in [0.2, 0.25) is 5.02 Å². The van der Waals surface area contributed by atoms with E-state index >= 15 is 0 Å². The quantitative estimate of drug-likeness (QED) is 0.908. The first-order valence-corrected chi connectivity index (χ1v) is 6.61. The number of nitrogens with two attached hydrogens (primary N) is 1. The summed E-state index contributed by atoms with van der Waals surface area (Å²) >= 11 is 6.08. The molecule has 0 saturated carbocycles. The number of nitriles is 1. The molecule has 6 heteroatoms. The van der Waals surface area contributed by atoms with Gasteiger partial charge in [0.15, 0.2) is 0 Å². The van der Waals surface area contributed by atoms with Crippen LogP contribution in [0.4, 0.5) is 5.82 Å². The highest BCUT2D eigenvalue weighted by molar-refractivity contribution is 6.33. The van der Waals surface area contributed by atoms with Crippen LogP contribution < -0.4 is 11.1 Å². The Morgan fingerprint density at radius 3 is 2.62 bits per heavy atom. The van der Waals surface area contributed by atoms with Gasteiger partial charge in [0.1, 0.15) is 5.82 Å². The number of benzene rings is 1. The van der Waals surface area contributed by atoms with Crippen molar-refractivity contribution < 1.29 is 4.79 Å². The third-order valence-electron chi connectivity index (χ3n) is 3.02. The van der Waals surface area contributed by atoms with Crippen molar-refractivity contribution in [2.45, 2.75) is 13.0 Å². The van der Waals surface area contributed by atoms with Crippen LogP contribution in [-0.2, 0) is 0 Å². The molecule has 0 fully saturated rings. The Labute approximate surface area is 127 Å². The molecule has 21 heavy (non-hydrogen) atoms. The molecule has 0 unspecified atom stereocenters. The van der Waals surface area contributed by atoms with Gasteiger partial charge in [0.2, 0.25) is 5.91 Å². The van der Waals surface area contributed by atoms with Crippen LogP contribution in [0.15, 0.2) is 36.5 Å². The van der Waals surface area contributed by atoms with Crippen molar-refractivity contribution in [1.82, 2.24) is 4.98 Å². The van der Waals surface area contributed by atoms with Crippen LogP contribution in [0.25, 0.3) is 0 Å². The highest BCUT2D eigenvalue weighted by Gasteiger charge is 2.11. The number of primary amides is 1. The zero-order valence-corrected chi connectivity index (χ0v) is 12.1. The maximum atomic E-state index is 11.0. The molecular weight excluding hydrogens is 288 g/mol. The second-order valence-corrected chi connectivity index (χ2v) is 4.93. The van der Waals surface area contributed by atoms with E-state index < -0.39 is 5.91 Å². The Morgan fingerprint density at radius 1 is 1.43 bits per heavy atom. The molecule has 1 heterocycles. The molecule has 1 atom stereocenters. The highest BCUT2D eigenvalue weighted by atomic mass is 35.5. The zero-order chi connectivity index (χ0) is 15.4. The lowest BCUT2D eigenvalue weighted by Crippen LogP contribution is -2.13. The lowest BCUT2D eigenvalue weighted by atomic mass is 10.1. The van der Waals surface area contributed by atoms with E-state index in [0.717, 1.165) is 5.56 Å². The standard InChI is InChI=1S/C15H13ClN4O/c1-9(11-4-2-10(7-17)3-5-11)20-15-13(16)6-12(8-19-15)14(18)21/h2-6,8-9H,1H3,(H2,18,21)(H,19,20)/t9-/m0/s1. The fourth-order valence-corrected chi connectivity index (χ4v) is 2.03. The summed E-state index contributed by atoms with van der Waals surface area (Å²) in [6.07, 6.45) is 1.38. The minimum atomic E-state index is -0.573. The number of aromatic nitrogens is 1. The lowest BCUT2D eigenvalue weighted by Gasteiger charge is -2.16. The van der Waals surface area contributed by atoms with Crippen molar-refractivity contribution in [1.29, 1.82) is 5.26 Å². The van der Waals surface area contributed by atoms with Crippen LogP contribution in [0.3, 0.4) is 0 Å². The van der Waals surface area contributed by atoms with E-state index in [-0.39, 0.29) is 11.6 Å². The normalized spacial score (nSPS) is 11.5. The summed E-state index contributed by atoms with van der Waals surface area (Å²) in [6.45, 7) is 1.95. The number of carbonyl (C=O) groups excluding carboxylic acids is 1. The zero-order valence-electron chi connectivity index (χ0n) is 11.3. The van der Waals surface area contributed by atoms with Crippen molar-refractivity contribution in [3.8, 4) is 6.07 Å². The summed E-state index contributed by atoms with van der Waals surface area (Å²) in [5.74, 6) is -0.102. The SMILES string of the molecule is C[C@H](Nc1ncc(C(N)=O)cc1Cl)c1ccc(C#N)cc1. The predicted octanol–water partition coefficient (Wildman–Crippen LogP) is 2.88. The summed E-state index contributed by atoms with van der Waals surface area (Å²) in [5.41, 5.74) is 7.02. The van der Waals surface area contributed by atoms with Gasteiger partial charge in [-0.15, -0.1) is 0 Å². The highest BCUT2D eigenvalue weighted by Crippen LogP contribution is 2.25. The molecule has 0 aliphatic heterocycles. The van der Waals surface area contributed by atoms with Gasteiger partial charge in [0.25, 0.3) is 0 Å². The second-order valence-electron chi connectivity index (χ2n) is 4.52. The van der Waals surface area contributed by atoms with E-state index in [0.29, 0.717) is 16.4 Å². The van der Waals surface area contributed by atoms with Crippen molar-refractivity contribution in [2.24, 2.45) is 5.73 Å². The van der Waals surface area contributed by atoms with Crippen LogP contribution >= 0.6 is 11.6 Å². The van der Waals surface area contributed by atoms with Gasteiger partial charge in [-0.3, -0.25) is 4.79 Å². The molecule has 3 N–H and O–H groups in total. The molecule has 5 nitrogen and oxygen atoms in total. The first-order valence-electron chi connectivity index (χ1n) is 6.23. The molecule has 0 spiro atoms. The molecule has 2 rings (SSSR count). The average molecular weight is 301 g/mol. The van der Waals surface area contributed by atoms with Gasteiger partial charge < -0.3 is 11.1 Å². The van der Waals surface area contributed by atoms with Crippen LogP contribution in [0.1, 0.15) is 34.5 Å². The summed E-state index contributed by atoms with van der Waals surface area (Å²) in [7, 11) is 0. The molecule has 1 amide bonds. The molecule has 1 aromatic heterocycles. The number of anilines is 1. The van der Waals surface area contributed by atoms with E-state index in [9.17, 15) is 4.79 Å². The third kappa shape index (κ3) is 3.50. The second kappa shape index (κ2) is 6.25. The predicted molar refractivity (Wildman–Crippen MR) is 81.0 cm³/mol. The van der Waals surface area contributed by atoms with Gasteiger partial charge in [-0.2, -0.15) is 5.26 Å². The number of hydrogen-bond donors (Lipinski definition) is 2. The minimum Gasteiger partial charge on any atom is -0.366 e. The summed E-state index contributed by atoms with van der Waals surface area (Å²) < 4.78 is 0. The van der Waals surface area contributed by atoms with E-state index in [1.807, 2.05) is 19.1 Å². The first kappa shape index (κ1) is 14.8. The van der Waals surface area contributed by atoms with Crippen molar-refractivity contribution in [3.63, 3.8) is 0 Å². The number of rotatable bonds is 4. The van der Waals surface area contributed by atoms with Crippen molar-refractivity contribution >= 4 is 23.3 Å². The molecule has 106 valence electrons. The average Bonchev–Trinajstić information content (AvgIpc) is 2.49. The third-order valence-corrected chi connectivity index (χ3v) is 3.31. The first-order chi connectivity index (χ1) is 10.0. The van der Waals surface area contributed by atoms with Crippen LogP contribution in [0, 0.1) is 11.3 Å². The fourth-order valence-electron chi connectivity index (χ4n) is 1.81. The molecule has 0 aliphatic carbocycles. The van der Waals surface area contributed by atoms with Gasteiger partial charge in [-0.25, -0.2) is 4.98 Å². The monoisotopic (exact) mass is 300 g/mol. The van der Waals surface area contributed by atoms with Gasteiger partial charge in [-0.05, 0) is 30.7 Å². The van der Waals surface area contributed by atoms with Crippen LogP contribution in [-0.4, -0.2) is 10.9 Å². The lowest BCUT2D eigenvalue weighted by molar-refractivity contribution is 0.1000. The Balaban J connectivity index is 2.17. The number of pyridine rings is 1. The van der Waals surface area contributed by atoms with E-state index in [2.05, 4.69) is 16.4 Å². The number of nitrogens with one attached hydrogen (secondary N) is 1. The molecule has 0 aliphatic rings. The van der Waals surface area contributed by atoms with E-state index in [4.69, 9.17) is 22.6 Å². The molecule has 1 aromatic carbocycles. The number of nitrogens with zero attached hydrogens (tertiary/aromatic N) is 2. The minimum absolute atomic E-state index is 0.0535. The molecule has 0 radical (unpaired) electrons. The maximum absolute atomic E-state index is 11.0. The van der Waals surface area contributed by atoms with Gasteiger partial charge in [0.05, 0.1) is 22.2 Å².